The first-order chi connectivity index (χ1) is 12.8. The summed E-state index contributed by atoms with van der Waals surface area (Å²) >= 11 is 2.92. The molecule has 1 atom stereocenters. The van der Waals surface area contributed by atoms with Crippen molar-refractivity contribution in [2.45, 2.75) is 43.9 Å². The topological polar surface area (TPSA) is 85.2 Å². The molecule has 2 aromatic heterocycles. The molecular weight excluding hydrogens is 404 g/mol. The second kappa shape index (κ2) is 8.32. The number of sulfone groups is 1. The van der Waals surface area contributed by atoms with Crippen LogP contribution in [0, 0.1) is 0 Å². The van der Waals surface area contributed by atoms with Crippen molar-refractivity contribution in [2.24, 2.45) is 7.05 Å². The average Bonchev–Trinajstić information content (AvgIpc) is 3.31. The largest absolute Gasteiger partial charge is 0.333 e. The fraction of sp³-hybridized carbons (Fsp3) is 0.588. The third-order valence-electron chi connectivity index (χ3n) is 4.59. The van der Waals surface area contributed by atoms with Crippen LogP contribution in [0.15, 0.2) is 22.7 Å². The van der Waals surface area contributed by atoms with E-state index in [1.165, 1.54) is 11.8 Å². The Bertz CT molecular complexity index is 891. The molecule has 1 unspecified atom stereocenters. The molecule has 2 aromatic rings. The van der Waals surface area contributed by atoms with Crippen molar-refractivity contribution in [2.75, 3.05) is 17.3 Å². The van der Waals surface area contributed by atoms with E-state index in [9.17, 15) is 13.2 Å². The predicted octanol–water partition coefficient (Wildman–Crippen LogP) is 2.31. The van der Waals surface area contributed by atoms with Gasteiger partial charge in [0, 0.05) is 23.9 Å². The molecule has 148 valence electrons. The molecule has 0 saturated carbocycles. The number of thiophene rings is 1. The van der Waals surface area contributed by atoms with Gasteiger partial charge >= 0.3 is 0 Å². The molecule has 0 spiro atoms. The molecule has 0 aliphatic carbocycles. The fourth-order valence-electron chi connectivity index (χ4n) is 3.18. The normalized spacial score (nSPS) is 18.9. The summed E-state index contributed by atoms with van der Waals surface area (Å²) in [7, 11) is -1.16. The van der Waals surface area contributed by atoms with Crippen molar-refractivity contribution in [1.82, 2.24) is 19.7 Å². The van der Waals surface area contributed by atoms with Gasteiger partial charge in [-0.25, -0.2) is 8.42 Å². The number of aromatic nitrogens is 3. The van der Waals surface area contributed by atoms with E-state index in [0.717, 1.165) is 10.7 Å². The average molecular weight is 429 g/mol. The van der Waals surface area contributed by atoms with Crippen molar-refractivity contribution < 1.29 is 13.2 Å². The molecule has 27 heavy (non-hydrogen) atoms. The van der Waals surface area contributed by atoms with Gasteiger partial charge in [0.1, 0.15) is 5.82 Å². The second-order valence-corrected chi connectivity index (χ2v) is 11.2. The Kier molecular flexibility index (Phi) is 6.27. The van der Waals surface area contributed by atoms with Crippen LogP contribution in [-0.2, 0) is 28.2 Å². The quantitative estimate of drug-likeness (QED) is 0.629. The van der Waals surface area contributed by atoms with E-state index < -0.39 is 9.84 Å². The van der Waals surface area contributed by atoms with Crippen molar-refractivity contribution in [3.05, 3.63) is 28.2 Å². The van der Waals surface area contributed by atoms with Gasteiger partial charge in [0.15, 0.2) is 15.0 Å². The minimum absolute atomic E-state index is 0.0518. The Balaban J connectivity index is 1.71. The Hall–Kier alpha value is -1.39. The summed E-state index contributed by atoms with van der Waals surface area (Å²) in [6.45, 7) is 4.55. The molecule has 1 fully saturated rings. The van der Waals surface area contributed by atoms with Gasteiger partial charge in [0.2, 0.25) is 5.91 Å². The highest BCUT2D eigenvalue weighted by Crippen LogP contribution is 2.25. The Morgan fingerprint density at radius 2 is 2.22 bits per heavy atom. The predicted molar refractivity (Wildman–Crippen MR) is 108 cm³/mol. The van der Waals surface area contributed by atoms with Crippen LogP contribution in [0.3, 0.4) is 0 Å². The van der Waals surface area contributed by atoms with Crippen molar-refractivity contribution >= 4 is 38.8 Å². The lowest BCUT2D eigenvalue weighted by Crippen LogP contribution is -2.41. The van der Waals surface area contributed by atoms with Crippen molar-refractivity contribution in [1.29, 1.82) is 0 Å². The number of carbonyl (C=O) groups is 1. The van der Waals surface area contributed by atoms with Gasteiger partial charge in [-0.15, -0.1) is 21.5 Å². The molecule has 0 bridgehead atoms. The highest BCUT2D eigenvalue weighted by Gasteiger charge is 2.34. The number of amides is 1. The highest BCUT2D eigenvalue weighted by atomic mass is 32.2. The van der Waals surface area contributed by atoms with Gasteiger partial charge in [0.05, 0.1) is 23.8 Å². The molecule has 3 heterocycles. The molecule has 10 heteroatoms. The monoisotopic (exact) mass is 428 g/mol. The van der Waals surface area contributed by atoms with Gasteiger partial charge in [-0.3, -0.25) is 4.79 Å². The van der Waals surface area contributed by atoms with Crippen LogP contribution in [0.4, 0.5) is 0 Å². The van der Waals surface area contributed by atoms with Crippen LogP contribution in [-0.4, -0.2) is 57.3 Å². The van der Waals surface area contributed by atoms with Crippen LogP contribution in [0.5, 0.6) is 0 Å². The number of rotatable bonds is 7. The summed E-state index contributed by atoms with van der Waals surface area (Å²) in [5, 5.41) is 11.0. The molecule has 7 nitrogen and oxygen atoms in total. The minimum Gasteiger partial charge on any atom is -0.333 e. The maximum absolute atomic E-state index is 13.0. The maximum Gasteiger partial charge on any atom is 0.233 e. The number of carbonyl (C=O) groups excluding carboxylic acids is 1. The van der Waals surface area contributed by atoms with E-state index >= 15 is 0 Å². The zero-order valence-corrected chi connectivity index (χ0v) is 18.1. The van der Waals surface area contributed by atoms with E-state index in [0.29, 0.717) is 18.1 Å². The molecule has 1 aliphatic rings. The van der Waals surface area contributed by atoms with E-state index in [1.807, 2.05) is 43.0 Å². The molecule has 1 saturated heterocycles. The van der Waals surface area contributed by atoms with Crippen molar-refractivity contribution in [3.8, 4) is 0 Å². The Morgan fingerprint density at radius 1 is 1.44 bits per heavy atom. The number of nitrogens with zero attached hydrogens (tertiary/aromatic N) is 4. The van der Waals surface area contributed by atoms with E-state index in [4.69, 9.17) is 0 Å². The number of thioether (sulfide) groups is 1. The van der Waals surface area contributed by atoms with Gasteiger partial charge in [-0.05, 0) is 17.9 Å². The van der Waals surface area contributed by atoms with Gasteiger partial charge in [-0.2, -0.15) is 0 Å². The molecule has 1 aliphatic heterocycles. The first kappa shape index (κ1) is 20.3. The molecule has 1 amide bonds. The maximum atomic E-state index is 13.0. The summed E-state index contributed by atoms with van der Waals surface area (Å²) in [5.41, 5.74) is 0. The van der Waals surface area contributed by atoms with Crippen LogP contribution in [0.1, 0.15) is 36.9 Å². The van der Waals surface area contributed by atoms with E-state index in [2.05, 4.69) is 10.2 Å². The minimum atomic E-state index is -3.06. The van der Waals surface area contributed by atoms with Gasteiger partial charge in [0.25, 0.3) is 0 Å². The van der Waals surface area contributed by atoms with Crippen molar-refractivity contribution in [3.63, 3.8) is 0 Å². The lowest BCUT2D eigenvalue weighted by molar-refractivity contribution is -0.130. The molecule has 0 aromatic carbocycles. The molecular formula is C17H24N4O3S3. The fourth-order valence-corrected chi connectivity index (χ4v) is 6.41. The number of hydrogen-bond donors (Lipinski definition) is 0. The van der Waals surface area contributed by atoms with Crippen LogP contribution < -0.4 is 0 Å². The van der Waals surface area contributed by atoms with Gasteiger partial charge in [-0.1, -0.05) is 31.7 Å². The summed E-state index contributed by atoms with van der Waals surface area (Å²) in [6, 6.07) is 3.66. The Morgan fingerprint density at radius 3 is 2.78 bits per heavy atom. The zero-order valence-electron chi connectivity index (χ0n) is 15.7. The first-order valence-electron chi connectivity index (χ1n) is 8.81. The summed E-state index contributed by atoms with van der Waals surface area (Å²) in [6.07, 6.45) is 0.506. The molecule has 0 radical (unpaired) electrons. The Labute approximate surface area is 168 Å². The van der Waals surface area contributed by atoms with Crippen LogP contribution >= 0.6 is 23.1 Å². The SMILES string of the molecule is CC(C)c1nnc(SCC(=O)N(Cc2cccs2)C2CCS(=O)(=O)C2)n1C. The van der Waals surface area contributed by atoms with Gasteiger partial charge < -0.3 is 9.47 Å². The third-order valence-corrected chi connectivity index (χ3v) is 8.20. The third kappa shape index (κ3) is 4.91. The first-order valence-corrected chi connectivity index (χ1v) is 12.5. The zero-order chi connectivity index (χ0) is 19.6. The van der Waals surface area contributed by atoms with E-state index in [1.54, 1.807) is 16.2 Å². The second-order valence-electron chi connectivity index (χ2n) is 7.00. The smallest absolute Gasteiger partial charge is 0.233 e. The van der Waals surface area contributed by atoms with Crippen LogP contribution in [0.2, 0.25) is 0 Å². The highest BCUT2D eigenvalue weighted by molar-refractivity contribution is 7.99. The lowest BCUT2D eigenvalue weighted by Gasteiger charge is -2.27. The lowest BCUT2D eigenvalue weighted by atomic mass is 10.2. The molecule has 0 N–H and O–H groups in total. The summed E-state index contributed by atoms with van der Waals surface area (Å²) in [4.78, 5) is 15.7. The van der Waals surface area contributed by atoms with E-state index in [-0.39, 0.29) is 35.1 Å². The summed E-state index contributed by atoms with van der Waals surface area (Å²) < 4.78 is 25.7. The van der Waals surface area contributed by atoms with Crippen LogP contribution in [0.25, 0.3) is 0 Å². The molecule has 3 rings (SSSR count). The summed E-state index contributed by atoms with van der Waals surface area (Å²) in [5.74, 6) is 1.49. The number of hydrogen-bond acceptors (Lipinski definition) is 7. The standard InChI is InChI=1S/C17H24N4O3S3/c1-12(2)16-18-19-17(20(16)3)26-10-15(22)21(9-14-5-4-7-25-14)13-6-8-27(23,24)11-13/h4-5,7,12-13H,6,8-11H2,1-3H3.